The smallest absolute Gasteiger partial charge is 0.262 e. The Bertz CT molecular complexity index is 1100. The number of rotatable bonds is 6. The highest BCUT2D eigenvalue weighted by Crippen LogP contribution is 2.35. The van der Waals surface area contributed by atoms with Crippen LogP contribution in [0.1, 0.15) is 28.0 Å². The van der Waals surface area contributed by atoms with Gasteiger partial charge in [0.05, 0.1) is 11.1 Å². The van der Waals surface area contributed by atoms with Gasteiger partial charge >= 0.3 is 0 Å². The molecule has 1 N–H and O–H groups in total. The van der Waals surface area contributed by atoms with E-state index < -0.39 is 0 Å². The van der Waals surface area contributed by atoms with E-state index >= 15 is 0 Å². The monoisotopic (exact) mass is 413 g/mol. The predicted octanol–water partition coefficient (Wildman–Crippen LogP) is 3.24. The number of hydrogen-bond donors (Lipinski definition) is 1. The van der Waals surface area contributed by atoms with Crippen LogP contribution in [0, 0.1) is 6.92 Å². The highest BCUT2D eigenvalue weighted by atomic mass is 32.2. The minimum Gasteiger partial charge on any atom is -0.355 e. The summed E-state index contributed by atoms with van der Waals surface area (Å²) in [6.45, 7) is 2.68. The average molecular weight is 414 g/mol. The quantitative estimate of drug-likeness (QED) is 0.498. The van der Waals surface area contributed by atoms with E-state index in [1.54, 1.807) is 23.0 Å². The van der Waals surface area contributed by atoms with Crippen LogP contribution in [0.2, 0.25) is 0 Å². The molecular weight excluding hydrogens is 390 g/mol. The molecule has 146 valence electrons. The van der Waals surface area contributed by atoms with Gasteiger partial charge in [-0.05, 0) is 49.3 Å². The summed E-state index contributed by atoms with van der Waals surface area (Å²) in [5.74, 6) is 0.214. The summed E-state index contributed by atoms with van der Waals surface area (Å²) in [7, 11) is 1.74. The maximum Gasteiger partial charge on any atom is 0.262 e. The van der Waals surface area contributed by atoms with Gasteiger partial charge in [0, 0.05) is 18.5 Å². The topological polar surface area (TPSA) is 64.0 Å². The lowest BCUT2D eigenvalue weighted by Gasteiger charge is -2.09. The molecule has 5 nitrogen and oxygen atoms in total. The molecule has 0 spiro atoms. The number of fused-ring (bicyclic) bond motifs is 3. The Morgan fingerprint density at radius 1 is 1.32 bits per heavy atom. The van der Waals surface area contributed by atoms with E-state index in [1.807, 2.05) is 12.1 Å². The van der Waals surface area contributed by atoms with E-state index in [9.17, 15) is 9.59 Å². The number of amides is 1. The standard InChI is InChI=1S/C21H23N3O2S2/c1-13-6-3-4-7-14(13)10-11-22-17(25)12-27-21-23-19-18(20(26)24(21)2)15-8-5-9-16(15)28-19/h3-4,6-7H,5,8-12H2,1-2H3,(H,22,25). The van der Waals surface area contributed by atoms with Crippen LogP contribution in [0.15, 0.2) is 34.2 Å². The van der Waals surface area contributed by atoms with Crippen LogP contribution < -0.4 is 10.9 Å². The van der Waals surface area contributed by atoms with E-state index in [1.165, 1.54) is 33.3 Å². The molecule has 0 atom stereocenters. The van der Waals surface area contributed by atoms with Crippen molar-refractivity contribution >= 4 is 39.2 Å². The second-order valence-electron chi connectivity index (χ2n) is 7.11. The highest BCUT2D eigenvalue weighted by molar-refractivity contribution is 7.99. The lowest BCUT2D eigenvalue weighted by Crippen LogP contribution is -2.28. The van der Waals surface area contributed by atoms with Gasteiger partial charge in [-0.1, -0.05) is 36.0 Å². The lowest BCUT2D eigenvalue weighted by atomic mass is 10.1. The number of benzene rings is 1. The van der Waals surface area contributed by atoms with Crippen LogP contribution in [-0.2, 0) is 31.1 Å². The molecule has 2 heterocycles. The molecule has 0 radical (unpaired) electrons. The Kier molecular flexibility index (Phi) is 5.55. The van der Waals surface area contributed by atoms with Crippen molar-refractivity contribution in [2.45, 2.75) is 37.8 Å². The number of nitrogens with one attached hydrogen (secondary N) is 1. The predicted molar refractivity (Wildman–Crippen MR) is 116 cm³/mol. The molecule has 2 aromatic heterocycles. The van der Waals surface area contributed by atoms with Crippen molar-refractivity contribution in [2.75, 3.05) is 12.3 Å². The van der Waals surface area contributed by atoms with Crippen LogP contribution in [0.5, 0.6) is 0 Å². The molecule has 7 heteroatoms. The summed E-state index contributed by atoms with van der Waals surface area (Å²) in [6, 6.07) is 8.20. The zero-order chi connectivity index (χ0) is 19.7. The summed E-state index contributed by atoms with van der Waals surface area (Å²) in [6.07, 6.45) is 3.96. The van der Waals surface area contributed by atoms with Crippen LogP contribution >= 0.6 is 23.1 Å². The van der Waals surface area contributed by atoms with Crippen molar-refractivity contribution in [1.29, 1.82) is 0 Å². The molecule has 1 aliphatic carbocycles. The lowest BCUT2D eigenvalue weighted by molar-refractivity contribution is -0.118. The van der Waals surface area contributed by atoms with E-state index in [2.05, 4.69) is 29.4 Å². The summed E-state index contributed by atoms with van der Waals surface area (Å²) < 4.78 is 1.58. The number of aromatic nitrogens is 2. The minimum atomic E-state index is -0.0402. The number of aryl methyl sites for hydroxylation is 3. The van der Waals surface area contributed by atoms with Gasteiger partial charge in [0.25, 0.3) is 5.56 Å². The Labute approximate surface area is 172 Å². The van der Waals surface area contributed by atoms with Crippen LogP contribution in [0.25, 0.3) is 10.2 Å². The molecular formula is C21H23N3O2S2. The van der Waals surface area contributed by atoms with Gasteiger partial charge in [-0.3, -0.25) is 14.2 Å². The second-order valence-corrected chi connectivity index (χ2v) is 9.14. The number of carbonyl (C=O) groups is 1. The normalized spacial score (nSPS) is 13.1. The summed E-state index contributed by atoms with van der Waals surface area (Å²) in [5, 5.41) is 4.35. The van der Waals surface area contributed by atoms with Gasteiger partial charge in [0.1, 0.15) is 4.83 Å². The third-order valence-electron chi connectivity index (χ3n) is 5.22. The number of carbonyl (C=O) groups excluding carboxylic acids is 1. The SMILES string of the molecule is Cc1ccccc1CCNC(=O)CSc1nc2sc3c(c2c(=O)n1C)CCC3. The largest absolute Gasteiger partial charge is 0.355 e. The van der Waals surface area contributed by atoms with Gasteiger partial charge in [-0.2, -0.15) is 0 Å². The molecule has 1 amide bonds. The van der Waals surface area contributed by atoms with E-state index in [4.69, 9.17) is 0 Å². The molecule has 0 saturated heterocycles. The highest BCUT2D eigenvalue weighted by Gasteiger charge is 2.22. The van der Waals surface area contributed by atoms with Crippen LogP contribution in [0.3, 0.4) is 0 Å². The maximum absolute atomic E-state index is 12.8. The van der Waals surface area contributed by atoms with E-state index in [-0.39, 0.29) is 17.2 Å². The zero-order valence-corrected chi connectivity index (χ0v) is 17.7. The van der Waals surface area contributed by atoms with Crippen molar-refractivity contribution in [3.63, 3.8) is 0 Å². The molecule has 0 saturated carbocycles. The molecule has 0 unspecified atom stereocenters. The molecule has 1 aliphatic rings. The molecule has 0 fully saturated rings. The van der Waals surface area contributed by atoms with E-state index in [0.29, 0.717) is 11.7 Å². The Hall–Kier alpha value is -2.12. The first-order valence-corrected chi connectivity index (χ1v) is 11.3. The van der Waals surface area contributed by atoms with Crippen molar-refractivity contribution in [3.05, 3.63) is 56.2 Å². The van der Waals surface area contributed by atoms with Crippen molar-refractivity contribution in [1.82, 2.24) is 14.9 Å². The van der Waals surface area contributed by atoms with E-state index in [0.717, 1.165) is 35.9 Å². The number of thiophene rings is 1. The zero-order valence-electron chi connectivity index (χ0n) is 16.1. The van der Waals surface area contributed by atoms with Crippen LogP contribution in [-0.4, -0.2) is 27.8 Å². The van der Waals surface area contributed by atoms with Crippen molar-refractivity contribution in [3.8, 4) is 0 Å². The van der Waals surface area contributed by atoms with Crippen LogP contribution in [0.4, 0.5) is 0 Å². The van der Waals surface area contributed by atoms with Crippen molar-refractivity contribution in [2.24, 2.45) is 7.05 Å². The Balaban J connectivity index is 1.39. The number of thioether (sulfide) groups is 1. The summed E-state index contributed by atoms with van der Waals surface area (Å²) >= 11 is 2.95. The first-order chi connectivity index (χ1) is 13.5. The molecule has 0 aliphatic heterocycles. The second kappa shape index (κ2) is 8.09. The third-order valence-corrected chi connectivity index (χ3v) is 7.43. The van der Waals surface area contributed by atoms with Crippen molar-refractivity contribution < 1.29 is 4.79 Å². The molecule has 0 bridgehead atoms. The fourth-order valence-electron chi connectivity index (χ4n) is 3.64. The summed E-state index contributed by atoms with van der Waals surface area (Å²) in [4.78, 5) is 31.8. The van der Waals surface area contributed by atoms with Gasteiger partial charge in [0.2, 0.25) is 5.91 Å². The number of nitrogens with zero attached hydrogens (tertiary/aromatic N) is 2. The first kappa shape index (κ1) is 19.2. The molecule has 3 aromatic rings. The van der Waals surface area contributed by atoms with Gasteiger partial charge < -0.3 is 5.32 Å². The van der Waals surface area contributed by atoms with Gasteiger partial charge in [-0.15, -0.1) is 11.3 Å². The Morgan fingerprint density at radius 3 is 2.96 bits per heavy atom. The average Bonchev–Trinajstić information content (AvgIpc) is 3.26. The Morgan fingerprint density at radius 2 is 2.14 bits per heavy atom. The van der Waals surface area contributed by atoms with Gasteiger partial charge in [0.15, 0.2) is 5.16 Å². The minimum absolute atomic E-state index is 0.00635. The number of hydrogen-bond acceptors (Lipinski definition) is 5. The molecule has 4 rings (SSSR count). The van der Waals surface area contributed by atoms with Gasteiger partial charge in [-0.25, -0.2) is 4.98 Å². The maximum atomic E-state index is 12.8. The fourth-order valence-corrected chi connectivity index (χ4v) is 5.75. The fraction of sp³-hybridized carbons (Fsp3) is 0.381. The third kappa shape index (κ3) is 3.73. The summed E-state index contributed by atoms with van der Waals surface area (Å²) in [5.41, 5.74) is 3.68. The molecule has 1 aromatic carbocycles. The first-order valence-electron chi connectivity index (χ1n) is 9.50. The molecule has 28 heavy (non-hydrogen) atoms.